The summed E-state index contributed by atoms with van der Waals surface area (Å²) < 4.78 is 0. The zero-order valence-electron chi connectivity index (χ0n) is 10.5. The van der Waals surface area contributed by atoms with Crippen LogP contribution in [-0.4, -0.2) is 23.2 Å². The fourth-order valence-electron chi connectivity index (χ4n) is 1.66. The predicted octanol–water partition coefficient (Wildman–Crippen LogP) is 2.68. The highest BCUT2D eigenvalue weighted by Gasteiger charge is 2.18. The first-order chi connectivity index (χ1) is 7.99. The molecule has 98 valence electrons. The lowest BCUT2D eigenvalue weighted by atomic mass is 9.97. The van der Waals surface area contributed by atoms with Crippen molar-refractivity contribution in [2.75, 3.05) is 0 Å². The number of hydrogen-bond acceptors (Lipinski definition) is 3. The maximum Gasteiger partial charge on any atom is 0.312 e. The van der Waals surface area contributed by atoms with Crippen molar-refractivity contribution in [1.82, 2.24) is 0 Å². The standard InChI is InChI=1S/C6H13N.C5H9N3O2/c7-6-4-2-1-3-5-6;1-3(2)4(5(9)10)7-8-6/h6H,1-5,7H2;3-4H,1-2H3,(H,9,10)/t;4-/m.0/s1. The summed E-state index contributed by atoms with van der Waals surface area (Å²) in [7, 11) is 0. The van der Waals surface area contributed by atoms with Crippen molar-refractivity contribution in [3.05, 3.63) is 10.4 Å². The Morgan fingerprint density at radius 1 is 1.41 bits per heavy atom. The van der Waals surface area contributed by atoms with E-state index in [1.54, 1.807) is 13.8 Å². The van der Waals surface area contributed by atoms with Crippen molar-refractivity contribution in [2.45, 2.75) is 58.0 Å². The van der Waals surface area contributed by atoms with Crippen molar-refractivity contribution in [3.8, 4) is 0 Å². The molecule has 1 aliphatic carbocycles. The predicted molar refractivity (Wildman–Crippen MR) is 66.5 cm³/mol. The van der Waals surface area contributed by atoms with Crippen LogP contribution in [-0.2, 0) is 4.79 Å². The highest BCUT2D eigenvalue weighted by molar-refractivity contribution is 5.73. The van der Waals surface area contributed by atoms with E-state index in [2.05, 4.69) is 10.0 Å². The second-order valence-electron chi connectivity index (χ2n) is 4.63. The lowest BCUT2D eigenvalue weighted by Gasteiger charge is -2.15. The number of aliphatic carboxylic acids is 1. The molecule has 1 aliphatic rings. The molecule has 0 radical (unpaired) electrons. The Morgan fingerprint density at radius 3 is 2.12 bits per heavy atom. The summed E-state index contributed by atoms with van der Waals surface area (Å²) in [6.45, 7) is 3.38. The molecule has 0 aromatic rings. The average molecular weight is 242 g/mol. The van der Waals surface area contributed by atoms with Gasteiger partial charge in [-0.05, 0) is 24.3 Å². The first kappa shape index (κ1) is 15.7. The van der Waals surface area contributed by atoms with E-state index in [4.69, 9.17) is 16.4 Å². The van der Waals surface area contributed by atoms with Crippen LogP contribution in [0.25, 0.3) is 10.4 Å². The summed E-state index contributed by atoms with van der Waals surface area (Å²) in [5.41, 5.74) is 13.6. The van der Waals surface area contributed by atoms with Crippen molar-refractivity contribution in [2.24, 2.45) is 16.8 Å². The maximum absolute atomic E-state index is 10.3. The van der Waals surface area contributed by atoms with E-state index in [0.29, 0.717) is 6.04 Å². The zero-order chi connectivity index (χ0) is 13.3. The van der Waals surface area contributed by atoms with Crippen LogP contribution in [0, 0.1) is 5.92 Å². The second-order valence-corrected chi connectivity index (χ2v) is 4.63. The number of carboxylic acid groups (broad SMARTS) is 1. The molecule has 1 fully saturated rings. The van der Waals surface area contributed by atoms with Gasteiger partial charge in [0.1, 0.15) is 6.04 Å². The van der Waals surface area contributed by atoms with E-state index >= 15 is 0 Å². The molecule has 6 nitrogen and oxygen atoms in total. The Labute approximate surface area is 102 Å². The van der Waals surface area contributed by atoms with Gasteiger partial charge in [-0.2, -0.15) is 0 Å². The van der Waals surface area contributed by atoms with Gasteiger partial charge in [-0.3, -0.25) is 4.79 Å². The smallest absolute Gasteiger partial charge is 0.312 e. The van der Waals surface area contributed by atoms with Crippen LogP contribution in [0.2, 0.25) is 0 Å². The summed E-state index contributed by atoms with van der Waals surface area (Å²) in [5, 5.41) is 11.5. The van der Waals surface area contributed by atoms with Gasteiger partial charge in [-0.25, -0.2) is 0 Å². The highest BCUT2D eigenvalue weighted by Crippen LogP contribution is 2.14. The van der Waals surface area contributed by atoms with Crippen molar-refractivity contribution in [1.29, 1.82) is 0 Å². The van der Waals surface area contributed by atoms with Gasteiger partial charge in [0.2, 0.25) is 0 Å². The SMILES string of the molecule is CC(C)[C@H](N=[N+]=[N-])C(=O)O.NC1CCCCC1. The summed E-state index contributed by atoms with van der Waals surface area (Å²) in [4.78, 5) is 12.7. The number of nitrogens with zero attached hydrogens (tertiary/aromatic N) is 3. The Balaban J connectivity index is 0.000000318. The Hall–Kier alpha value is -1.26. The van der Waals surface area contributed by atoms with Crippen molar-refractivity contribution in [3.63, 3.8) is 0 Å². The Morgan fingerprint density at radius 2 is 1.94 bits per heavy atom. The second kappa shape index (κ2) is 8.84. The molecular formula is C11H22N4O2. The largest absolute Gasteiger partial charge is 0.481 e. The summed E-state index contributed by atoms with van der Waals surface area (Å²) in [6, 6.07) is -0.404. The molecule has 17 heavy (non-hydrogen) atoms. The number of rotatable bonds is 3. The van der Waals surface area contributed by atoms with E-state index in [1.807, 2.05) is 0 Å². The molecule has 0 aromatic heterocycles. The maximum atomic E-state index is 10.3. The van der Waals surface area contributed by atoms with E-state index < -0.39 is 12.0 Å². The number of hydrogen-bond donors (Lipinski definition) is 2. The molecule has 1 saturated carbocycles. The van der Waals surface area contributed by atoms with Gasteiger partial charge in [0, 0.05) is 11.0 Å². The average Bonchev–Trinajstić information content (AvgIpc) is 2.27. The van der Waals surface area contributed by atoms with Crippen LogP contribution in [0.1, 0.15) is 46.0 Å². The van der Waals surface area contributed by atoms with Crippen molar-refractivity contribution >= 4 is 5.97 Å². The van der Waals surface area contributed by atoms with Crippen molar-refractivity contribution < 1.29 is 9.90 Å². The lowest BCUT2D eigenvalue weighted by molar-refractivity contribution is -0.139. The molecule has 1 rings (SSSR count). The zero-order valence-corrected chi connectivity index (χ0v) is 10.5. The number of azide groups is 1. The molecule has 0 aliphatic heterocycles. The van der Waals surface area contributed by atoms with Gasteiger partial charge in [0.25, 0.3) is 0 Å². The van der Waals surface area contributed by atoms with Crippen LogP contribution >= 0.6 is 0 Å². The minimum absolute atomic E-state index is 0.159. The monoisotopic (exact) mass is 242 g/mol. The molecule has 6 heteroatoms. The molecule has 0 heterocycles. The molecular weight excluding hydrogens is 220 g/mol. The highest BCUT2D eigenvalue weighted by atomic mass is 16.4. The van der Waals surface area contributed by atoms with Crippen LogP contribution in [0.3, 0.4) is 0 Å². The lowest BCUT2D eigenvalue weighted by Crippen LogP contribution is -2.22. The van der Waals surface area contributed by atoms with Gasteiger partial charge in [-0.15, -0.1) is 0 Å². The first-order valence-electron chi connectivity index (χ1n) is 6.01. The molecule has 0 spiro atoms. The quantitative estimate of drug-likeness (QED) is 0.450. The third-order valence-corrected chi connectivity index (χ3v) is 2.71. The minimum atomic E-state index is -1.08. The van der Waals surface area contributed by atoms with E-state index in [-0.39, 0.29) is 5.92 Å². The molecule has 1 atom stereocenters. The van der Waals surface area contributed by atoms with Crippen LogP contribution in [0.15, 0.2) is 5.11 Å². The minimum Gasteiger partial charge on any atom is -0.481 e. The molecule has 0 amide bonds. The van der Waals surface area contributed by atoms with Gasteiger partial charge in [-0.1, -0.05) is 38.2 Å². The molecule has 0 saturated heterocycles. The Bertz CT molecular complexity index is 267. The number of carboxylic acids is 1. The topological polar surface area (TPSA) is 112 Å². The van der Waals surface area contributed by atoms with E-state index in [1.165, 1.54) is 32.1 Å². The molecule has 0 bridgehead atoms. The summed E-state index contributed by atoms with van der Waals surface area (Å²) in [6.07, 6.45) is 6.66. The fourth-order valence-corrected chi connectivity index (χ4v) is 1.66. The van der Waals surface area contributed by atoms with Gasteiger partial charge >= 0.3 is 5.97 Å². The first-order valence-corrected chi connectivity index (χ1v) is 6.01. The normalized spacial score (nSPS) is 17.6. The molecule has 0 aromatic carbocycles. The van der Waals surface area contributed by atoms with E-state index in [9.17, 15) is 4.79 Å². The molecule has 0 unspecified atom stereocenters. The van der Waals surface area contributed by atoms with Gasteiger partial charge in [0.05, 0.1) is 0 Å². The summed E-state index contributed by atoms with van der Waals surface area (Å²) >= 11 is 0. The van der Waals surface area contributed by atoms with Crippen LogP contribution in [0.4, 0.5) is 0 Å². The van der Waals surface area contributed by atoms with Crippen LogP contribution < -0.4 is 5.73 Å². The van der Waals surface area contributed by atoms with E-state index in [0.717, 1.165) is 0 Å². The fraction of sp³-hybridized carbons (Fsp3) is 0.909. The number of nitrogens with two attached hydrogens (primary N) is 1. The number of carbonyl (C=O) groups is 1. The van der Waals surface area contributed by atoms with Crippen LogP contribution in [0.5, 0.6) is 0 Å². The molecule has 3 N–H and O–H groups in total. The van der Waals surface area contributed by atoms with Gasteiger partial charge in [0.15, 0.2) is 0 Å². The van der Waals surface area contributed by atoms with Gasteiger partial charge < -0.3 is 10.8 Å². The summed E-state index contributed by atoms with van der Waals surface area (Å²) in [5.74, 6) is -1.23. The third kappa shape index (κ3) is 7.60. The third-order valence-electron chi connectivity index (χ3n) is 2.71. The Kier molecular flexibility index (Phi) is 8.19.